The molecule has 0 spiro atoms. The predicted molar refractivity (Wildman–Crippen MR) is 462 cm³/mol. The lowest BCUT2D eigenvalue weighted by Gasteiger charge is -2.21. The summed E-state index contributed by atoms with van der Waals surface area (Å²) in [6, 6.07) is 64.5. The van der Waals surface area contributed by atoms with Gasteiger partial charge >= 0.3 is 6.09 Å². The molecule has 0 radical (unpaired) electrons. The monoisotopic (exact) mass is 1540 g/mol. The van der Waals surface area contributed by atoms with Crippen molar-refractivity contribution in [3.05, 3.63) is 260 Å². The Labute approximate surface area is 656 Å². The topological polar surface area (TPSA) is 645 Å². The Morgan fingerprint density at radius 1 is 0.477 bits per heavy atom. The van der Waals surface area contributed by atoms with Crippen LogP contribution in [0.15, 0.2) is 216 Å². The molecule has 0 fully saturated rings. The van der Waals surface area contributed by atoms with E-state index in [4.69, 9.17) is 102 Å². The largest absolute Gasteiger partial charge is 0.444 e. The van der Waals surface area contributed by atoms with Gasteiger partial charge < -0.3 is 118 Å². The second kappa shape index (κ2) is 67.5. The van der Waals surface area contributed by atoms with Crippen LogP contribution < -0.4 is 119 Å². The minimum Gasteiger partial charge on any atom is -0.444 e. The number of nitrogens with one attached hydrogen (secondary N) is 4. The molecule has 111 heavy (non-hydrogen) atoms. The molecule has 0 saturated carbocycles. The number of hydrogen-bond donors (Lipinski definition) is 21. The molecule has 8 rings (SSSR count). The van der Waals surface area contributed by atoms with Crippen LogP contribution in [0.5, 0.6) is 0 Å². The Balaban J connectivity index is -0.00000118. The molecule has 0 saturated heterocycles. The fraction of sp³-hybridized carbons (Fsp3) is 0.342. The lowest BCUT2D eigenvalue weighted by Crippen LogP contribution is -2.40. The van der Waals surface area contributed by atoms with Crippen molar-refractivity contribution in [2.75, 3.05) is 91.7 Å². The SMILES string of the molecule is CC(C)(C)OC(=O)N[C@H](C=O)CCCN=C(N)N[N+](=O)[O-].CCC.CCNC[C@@H](N)CCCN=C(N)N[N+](=O)[O-].NCCc1ccc(N)cc1.NCCc1cccc(N)c1.NCCc1ccccc1N.NCc1ccc(N)cc1.NCc1cccc(N)c1.NCc1ccccc1N.Nc1ccccc1.Nc1ccccc1. The summed E-state index contributed by atoms with van der Waals surface area (Å²) >= 11 is 0. The van der Waals surface area contributed by atoms with E-state index in [0.29, 0.717) is 64.9 Å². The number of para-hydroxylation sites is 4. The van der Waals surface area contributed by atoms with Gasteiger partial charge in [-0.15, -0.1) is 0 Å². The third-order valence-corrected chi connectivity index (χ3v) is 13.4. The number of carbonyl (C=O) groups is 2. The summed E-state index contributed by atoms with van der Waals surface area (Å²) in [6.07, 6.45) is 6.16. The molecular formula is C79H129N25O7. The second-order valence-corrected chi connectivity index (χ2v) is 24.6. The number of nitrogens with two attached hydrogens (primary N) is 17. The van der Waals surface area contributed by atoms with Gasteiger partial charge in [0.25, 0.3) is 11.9 Å². The van der Waals surface area contributed by atoms with Crippen LogP contribution >= 0.6 is 0 Å². The highest BCUT2D eigenvalue weighted by Crippen LogP contribution is 2.12. The molecule has 38 N–H and O–H groups in total. The molecule has 0 aliphatic rings. The molecule has 0 bridgehead atoms. The number of rotatable bonds is 24. The maximum atomic E-state index is 11.5. The van der Waals surface area contributed by atoms with Gasteiger partial charge in [0, 0.05) is 90.8 Å². The number of amides is 1. The number of aliphatic imine (C=N–C) groups is 2. The quantitative estimate of drug-likeness (QED) is 0.00540. The van der Waals surface area contributed by atoms with E-state index in [-0.39, 0.29) is 24.5 Å². The number of ether oxygens (including phenoxy) is 1. The van der Waals surface area contributed by atoms with Crippen molar-refractivity contribution in [2.24, 2.45) is 61.6 Å². The standard InChI is InChI=1S/C11H21N5O5.C8H20N6O2.3C8H12N2.3C7H10N2.2C6H7N.C3H8/c1-11(2,3)21-10(18)14-8(7-17)5-4-6-13-9(12)15-16(19)20;1-2-11-6-7(9)4-3-5-12-8(10)13-14(15)16;9-6-5-7-1-3-8(10)4-2-7;9-5-4-7-2-1-3-8(10)6-7;9-6-5-7-3-1-2-4-8(7)10;8-5-6-1-3-7(9)4-2-6;8-5-6-2-1-3-7(9)4-6;8-5-6-3-1-2-4-7(6)9;2*7-6-4-2-1-3-5-6;1-3-2/h7-8H,4-6H2,1-3H3,(H,14,18)(H3,12,13,15);7,11H,2-6,9H2,1H3,(H3,10,12,13);1-4H,5-6,9-10H2;1-3,6H,4-5,9-10H2;1-4H,5-6,9-10H2;3*1-4H,5,8-9H2;2*1-5H,7H2;3H2,1-2H3/t8-;7-;;;;;;;;;/m00........./s1. The van der Waals surface area contributed by atoms with E-state index in [1.165, 1.54) is 17.5 Å². The number of carbonyl (C=O) groups excluding carboxylic acids is 2. The first-order valence-corrected chi connectivity index (χ1v) is 36.1. The normalized spacial score (nSPS) is 10.6. The highest BCUT2D eigenvalue weighted by atomic mass is 16.7. The van der Waals surface area contributed by atoms with Gasteiger partial charge in [0.15, 0.2) is 10.1 Å². The van der Waals surface area contributed by atoms with Crippen molar-refractivity contribution in [2.45, 2.75) is 130 Å². The third-order valence-electron chi connectivity index (χ3n) is 13.4. The van der Waals surface area contributed by atoms with Gasteiger partial charge in [-0.25, -0.2) is 35.0 Å². The molecule has 32 heteroatoms. The van der Waals surface area contributed by atoms with Crippen molar-refractivity contribution >= 4 is 69.8 Å². The Bertz CT molecular complexity index is 3650. The molecule has 2 atom stereocenters. The van der Waals surface area contributed by atoms with Gasteiger partial charge in [0.05, 0.1) is 6.04 Å². The number of hydrazine groups is 2. The van der Waals surface area contributed by atoms with Crippen molar-refractivity contribution in [3.63, 3.8) is 0 Å². The third kappa shape index (κ3) is 65.0. The zero-order valence-electron chi connectivity index (χ0n) is 65.6. The highest BCUT2D eigenvalue weighted by molar-refractivity contribution is 5.77. The number of hydrogen-bond acceptors (Lipinski definition) is 25. The molecule has 0 aliphatic heterocycles. The molecule has 8 aromatic carbocycles. The van der Waals surface area contributed by atoms with Crippen LogP contribution in [0, 0.1) is 20.2 Å². The Hall–Kier alpha value is -11.9. The molecule has 0 unspecified atom stereocenters. The number of nitrogens with zero attached hydrogens (tertiary/aromatic N) is 4. The van der Waals surface area contributed by atoms with E-state index in [2.05, 4.69) is 34.5 Å². The van der Waals surface area contributed by atoms with E-state index in [1.54, 1.807) is 31.6 Å². The number of benzene rings is 8. The van der Waals surface area contributed by atoms with Crippen LogP contribution in [0.25, 0.3) is 0 Å². The summed E-state index contributed by atoms with van der Waals surface area (Å²) in [5.41, 5.74) is 108. The molecule has 0 aliphatic carbocycles. The molecule has 0 heterocycles. The minimum atomic E-state index is -0.822. The molecule has 32 nitrogen and oxygen atoms in total. The molecule has 8 aromatic rings. The van der Waals surface area contributed by atoms with Gasteiger partial charge in [-0.1, -0.05) is 159 Å². The number of likely N-dealkylation sites (N-methyl/N-ethyl adjacent to an activating group) is 1. The van der Waals surface area contributed by atoms with E-state index >= 15 is 0 Å². The van der Waals surface area contributed by atoms with Gasteiger partial charge in [0.1, 0.15) is 11.9 Å². The summed E-state index contributed by atoms with van der Waals surface area (Å²) in [7, 11) is 0. The number of anilines is 8. The lowest BCUT2D eigenvalue weighted by atomic mass is 10.1. The van der Waals surface area contributed by atoms with Gasteiger partial charge in [-0.05, 0) is 210 Å². The van der Waals surface area contributed by atoms with Crippen LogP contribution in [-0.2, 0) is 48.4 Å². The fourth-order valence-electron chi connectivity index (χ4n) is 8.07. The molecule has 0 aromatic heterocycles. The predicted octanol–water partition coefficient (Wildman–Crippen LogP) is 7.20. The summed E-state index contributed by atoms with van der Waals surface area (Å²) in [5.74, 6) is -0.493. The zero-order chi connectivity index (χ0) is 84.1. The summed E-state index contributed by atoms with van der Waals surface area (Å²) in [5, 5.41) is 24.0. The highest BCUT2D eigenvalue weighted by Gasteiger charge is 2.19. The van der Waals surface area contributed by atoms with Crippen LogP contribution in [0.2, 0.25) is 0 Å². The van der Waals surface area contributed by atoms with Crippen molar-refractivity contribution in [1.29, 1.82) is 0 Å². The van der Waals surface area contributed by atoms with Crippen molar-refractivity contribution in [1.82, 2.24) is 21.5 Å². The maximum Gasteiger partial charge on any atom is 0.408 e. The van der Waals surface area contributed by atoms with E-state index in [0.717, 1.165) is 113 Å². The Morgan fingerprint density at radius 3 is 1.21 bits per heavy atom. The van der Waals surface area contributed by atoms with Crippen LogP contribution in [-0.4, -0.2) is 97.9 Å². The van der Waals surface area contributed by atoms with Crippen molar-refractivity contribution < 1.29 is 24.4 Å². The lowest BCUT2D eigenvalue weighted by molar-refractivity contribution is -0.525. The Kier molecular flexibility index (Phi) is 62.8. The average molecular weight is 1540 g/mol. The van der Waals surface area contributed by atoms with Crippen molar-refractivity contribution in [3.8, 4) is 0 Å². The number of nitrogen functional groups attached to an aromatic ring is 8. The van der Waals surface area contributed by atoms with E-state index < -0.39 is 27.8 Å². The number of alkyl carbamates (subject to hydrolysis) is 1. The first-order chi connectivity index (χ1) is 52.9. The minimum absolute atomic E-state index is 0.0832. The number of nitro groups is 2. The van der Waals surface area contributed by atoms with E-state index in [9.17, 15) is 29.8 Å². The summed E-state index contributed by atoms with van der Waals surface area (Å²) in [4.78, 5) is 49.8. The van der Waals surface area contributed by atoms with Gasteiger partial charge in [-0.2, -0.15) is 0 Å². The van der Waals surface area contributed by atoms with Crippen LogP contribution in [0.4, 0.5) is 50.3 Å². The number of aldehydes is 1. The smallest absolute Gasteiger partial charge is 0.408 e. The first kappa shape index (κ1) is 103. The molecule has 1 amide bonds. The summed E-state index contributed by atoms with van der Waals surface area (Å²) in [6.45, 7) is 17.4. The van der Waals surface area contributed by atoms with Crippen LogP contribution in [0.3, 0.4) is 0 Å². The van der Waals surface area contributed by atoms with Crippen LogP contribution in [0.1, 0.15) is 107 Å². The number of guanidine groups is 2. The summed E-state index contributed by atoms with van der Waals surface area (Å²) < 4.78 is 5.02. The molecular weight excluding hydrogens is 1410 g/mol. The average Bonchev–Trinajstić information content (AvgIpc) is 0.934. The second-order valence-electron chi connectivity index (χ2n) is 24.6. The van der Waals surface area contributed by atoms with E-state index in [1.807, 2.05) is 213 Å². The fourth-order valence-corrected chi connectivity index (χ4v) is 8.07. The first-order valence-electron chi connectivity index (χ1n) is 36.1. The van der Waals surface area contributed by atoms with Gasteiger partial charge in [0.2, 0.25) is 0 Å². The maximum absolute atomic E-state index is 11.5. The Morgan fingerprint density at radius 2 is 0.856 bits per heavy atom. The zero-order valence-corrected chi connectivity index (χ0v) is 65.6. The van der Waals surface area contributed by atoms with Gasteiger partial charge in [-0.3, -0.25) is 0 Å². The molecule has 612 valence electrons.